The number of nitrogens with one attached hydrogen (secondary N) is 2. The van der Waals surface area contributed by atoms with Gasteiger partial charge in [0.1, 0.15) is 5.69 Å². The van der Waals surface area contributed by atoms with Gasteiger partial charge in [-0.2, -0.15) is 0 Å². The fourth-order valence-corrected chi connectivity index (χ4v) is 2.17. The molecule has 24 heavy (non-hydrogen) atoms. The number of nitrogens with zero attached hydrogens (tertiary/aromatic N) is 2. The van der Waals surface area contributed by atoms with Gasteiger partial charge in [0.05, 0.1) is 23.9 Å². The summed E-state index contributed by atoms with van der Waals surface area (Å²) in [6.07, 6.45) is 3.46. The summed E-state index contributed by atoms with van der Waals surface area (Å²) in [5, 5.41) is 17.0. The van der Waals surface area contributed by atoms with Crippen molar-refractivity contribution in [3.8, 4) is 5.88 Å². The Morgan fingerprint density at radius 2 is 2.12 bits per heavy atom. The lowest BCUT2D eigenvalue weighted by Gasteiger charge is -2.09. The molecule has 0 unspecified atom stereocenters. The molecule has 8 heteroatoms. The van der Waals surface area contributed by atoms with Gasteiger partial charge in [0.2, 0.25) is 5.88 Å². The Bertz CT molecular complexity index is 772. The molecule has 3 rings (SSSR count). The van der Waals surface area contributed by atoms with Crippen LogP contribution in [0.25, 0.3) is 0 Å². The Morgan fingerprint density at radius 3 is 2.71 bits per heavy atom. The number of methoxy groups -OCH3 is 1. The number of amides is 1. The highest BCUT2D eigenvalue weighted by Crippen LogP contribution is 2.31. The van der Waals surface area contributed by atoms with Gasteiger partial charge in [0.25, 0.3) is 11.6 Å². The van der Waals surface area contributed by atoms with Crippen LogP contribution in [0.1, 0.15) is 23.2 Å². The van der Waals surface area contributed by atoms with E-state index in [1.165, 1.54) is 19.4 Å². The fourth-order valence-electron chi connectivity index (χ4n) is 2.17. The standard InChI is InChI=1S/C16H16N4O4/c1-24-15-7-5-12(9-17-15)19-16(21)10-2-6-13(18-11-3-4-11)14(8-10)20(22)23/h2,5-9,11,18H,3-4H2,1H3,(H,19,21). The predicted octanol–water partition coefficient (Wildman–Crippen LogP) is 2.83. The third-order valence-electron chi connectivity index (χ3n) is 3.60. The molecule has 1 aromatic heterocycles. The first kappa shape index (κ1) is 15.7. The number of carbonyl (C=O) groups excluding carboxylic acids is 1. The molecule has 1 heterocycles. The van der Waals surface area contributed by atoms with E-state index in [0.717, 1.165) is 12.8 Å². The first-order chi connectivity index (χ1) is 11.6. The first-order valence-electron chi connectivity index (χ1n) is 7.43. The molecule has 1 aliphatic rings. The summed E-state index contributed by atoms with van der Waals surface area (Å²) < 4.78 is 4.95. The lowest BCUT2D eigenvalue weighted by Crippen LogP contribution is -2.13. The molecule has 1 fully saturated rings. The second-order valence-electron chi connectivity index (χ2n) is 5.45. The van der Waals surface area contributed by atoms with Crippen LogP contribution in [0.2, 0.25) is 0 Å². The minimum absolute atomic E-state index is 0.109. The van der Waals surface area contributed by atoms with Gasteiger partial charge in [-0.1, -0.05) is 0 Å². The van der Waals surface area contributed by atoms with Gasteiger partial charge in [-0.05, 0) is 31.0 Å². The van der Waals surface area contributed by atoms with E-state index in [4.69, 9.17) is 4.74 Å². The van der Waals surface area contributed by atoms with Crippen LogP contribution in [0.15, 0.2) is 36.5 Å². The average Bonchev–Trinajstić information content (AvgIpc) is 3.39. The molecule has 1 saturated carbocycles. The molecule has 0 spiro atoms. The predicted molar refractivity (Wildman–Crippen MR) is 88.5 cm³/mol. The van der Waals surface area contributed by atoms with Crippen molar-refractivity contribution < 1.29 is 14.5 Å². The second kappa shape index (κ2) is 6.53. The normalized spacial score (nSPS) is 13.2. The van der Waals surface area contributed by atoms with Crippen molar-refractivity contribution in [2.24, 2.45) is 0 Å². The van der Waals surface area contributed by atoms with Crippen molar-refractivity contribution in [2.45, 2.75) is 18.9 Å². The number of nitro groups is 1. The van der Waals surface area contributed by atoms with Crippen LogP contribution in [0.5, 0.6) is 5.88 Å². The Kier molecular flexibility index (Phi) is 4.28. The minimum Gasteiger partial charge on any atom is -0.481 e. The van der Waals surface area contributed by atoms with Gasteiger partial charge < -0.3 is 15.4 Å². The van der Waals surface area contributed by atoms with Crippen molar-refractivity contribution in [1.82, 2.24) is 4.98 Å². The van der Waals surface area contributed by atoms with E-state index in [9.17, 15) is 14.9 Å². The number of pyridine rings is 1. The molecule has 8 nitrogen and oxygen atoms in total. The third kappa shape index (κ3) is 3.60. The van der Waals surface area contributed by atoms with E-state index in [2.05, 4.69) is 15.6 Å². The highest BCUT2D eigenvalue weighted by atomic mass is 16.6. The number of carbonyl (C=O) groups is 1. The fraction of sp³-hybridized carbons (Fsp3) is 0.250. The maximum Gasteiger partial charge on any atom is 0.293 e. The van der Waals surface area contributed by atoms with E-state index in [-0.39, 0.29) is 17.3 Å². The molecule has 2 N–H and O–H groups in total. The monoisotopic (exact) mass is 328 g/mol. The molecule has 1 amide bonds. The summed E-state index contributed by atoms with van der Waals surface area (Å²) in [5.74, 6) is -0.0119. The van der Waals surface area contributed by atoms with E-state index < -0.39 is 10.8 Å². The van der Waals surface area contributed by atoms with Gasteiger partial charge in [0.15, 0.2) is 0 Å². The maximum absolute atomic E-state index is 12.3. The van der Waals surface area contributed by atoms with Crippen LogP contribution >= 0.6 is 0 Å². The molecule has 1 aromatic carbocycles. The summed E-state index contributed by atoms with van der Waals surface area (Å²) in [6, 6.07) is 7.94. The van der Waals surface area contributed by atoms with Gasteiger partial charge in [0, 0.05) is 23.7 Å². The molecular weight excluding hydrogens is 312 g/mol. The zero-order valence-corrected chi connectivity index (χ0v) is 13.0. The van der Waals surface area contributed by atoms with Gasteiger partial charge in [-0.15, -0.1) is 0 Å². The zero-order chi connectivity index (χ0) is 17.1. The molecule has 0 aliphatic heterocycles. The second-order valence-corrected chi connectivity index (χ2v) is 5.45. The molecule has 0 saturated heterocycles. The van der Waals surface area contributed by atoms with Gasteiger partial charge >= 0.3 is 0 Å². The summed E-state index contributed by atoms with van der Waals surface area (Å²) >= 11 is 0. The molecule has 2 aromatic rings. The lowest BCUT2D eigenvalue weighted by atomic mass is 10.1. The van der Waals surface area contributed by atoms with Crippen molar-refractivity contribution in [3.63, 3.8) is 0 Å². The number of rotatable bonds is 6. The Labute approximate surface area is 138 Å². The molecule has 124 valence electrons. The highest BCUT2D eigenvalue weighted by molar-refractivity contribution is 6.05. The van der Waals surface area contributed by atoms with Crippen LogP contribution in [-0.2, 0) is 0 Å². The first-order valence-corrected chi connectivity index (χ1v) is 7.43. The largest absolute Gasteiger partial charge is 0.481 e. The molecule has 0 bridgehead atoms. The van der Waals surface area contributed by atoms with Crippen LogP contribution in [0.3, 0.4) is 0 Å². The van der Waals surface area contributed by atoms with Crippen LogP contribution < -0.4 is 15.4 Å². The van der Waals surface area contributed by atoms with Crippen LogP contribution in [0.4, 0.5) is 17.1 Å². The van der Waals surface area contributed by atoms with Gasteiger partial charge in [-0.3, -0.25) is 14.9 Å². The number of aromatic nitrogens is 1. The smallest absolute Gasteiger partial charge is 0.293 e. The molecule has 1 aliphatic carbocycles. The quantitative estimate of drug-likeness (QED) is 0.624. The minimum atomic E-state index is -0.490. The van der Waals surface area contributed by atoms with Crippen molar-refractivity contribution >= 4 is 23.0 Å². The molecule has 0 radical (unpaired) electrons. The number of hydrogen-bond donors (Lipinski definition) is 2. The van der Waals surface area contributed by atoms with Crippen molar-refractivity contribution in [2.75, 3.05) is 17.7 Å². The average molecular weight is 328 g/mol. The number of hydrogen-bond acceptors (Lipinski definition) is 6. The number of anilines is 2. The van der Waals surface area contributed by atoms with Crippen molar-refractivity contribution in [3.05, 3.63) is 52.2 Å². The van der Waals surface area contributed by atoms with Crippen LogP contribution in [0, 0.1) is 10.1 Å². The number of benzene rings is 1. The van der Waals surface area contributed by atoms with E-state index in [1.54, 1.807) is 24.3 Å². The highest BCUT2D eigenvalue weighted by Gasteiger charge is 2.25. The number of nitro benzene ring substituents is 1. The maximum atomic E-state index is 12.3. The third-order valence-corrected chi connectivity index (χ3v) is 3.60. The number of ether oxygens (including phenoxy) is 1. The summed E-state index contributed by atoms with van der Waals surface area (Å²) in [6.45, 7) is 0. The molecule has 0 atom stereocenters. The van der Waals surface area contributed by atoms with E-state index >= 15 is 0 Å². The summed E-state index contributed by atoms with van der Waals surface area (Å²) in [7, 11) is 1.50. The Balaban J connectivity index is 1.78. The topological polar surface area (TPSA) is 106 Å². The SMILES string of the molecule is COc1ccc(NC(=O)c2ccc(NC3CC3)c([N+](=O)[O-])c2)cn1. The lowest BCUT2D eigenvalue weighted by molar-refractivity contribution is -0.384. The molecular formula is C16H16N4O4. The van der Waals surface area contributed by atoms with Crippen molar-refractivity contribution in [1.29, 1.82) is 0 Å². The van der Waals surface area contributed by atoms with E-state index in [1.807, 2.05) is 0 Å². The van der Waals surface area contributed by atoms with Gasteiger partial charge in [-0.25, -0.2) is 4.98 Å². The Hall–Kier alpha value is -3.16. The van der Waals surface area contributed by atoms with Crippen LogP contribution in [-0.4, -0.2) is 29.0 Å². The Morgan fingerprint density at radius 1 is 1.33 bits per heavy atom. The summed E-state index contributed by atoms with van der Waals surface area (Å²) in [5.41, 5.74) is 1.01. The van der Waals surface area contributed by atoms with E-state index in [0.29, 0.717) is 17.3 Å². The summed E-state index contributed by atoms with van der Waals surface area (Å²) in [4.78, 5) is 27.0. The zero-order valence-electron chi connectivity index (χ0n) is 13.0.